The third-order valence-corrected chi connectivity index (χ3v) is 12.4. The number of para-hydroxylation sites is 2. The Hall–Kier alpha value is -5.46. The van der Waals surface area contributed by atoms with Gasteiger partial charge in [0.2, 0.25) is 5.91 Å². The maximum Gasteiger partial charge on any atom is 0.337 e. The largest absolute Gasteiger partial charge is 0.368 e. The zero-order chi connectivity index (χ0) is 38.9. The monoisotopic (exact) mass is 768 g/mol. The molecule has 0 radical (unpaired) electrons. The van der Waals surface area contributed by atoms with Crippen molar-refractivity contribution in [3.05, 3.63) is 117 Å². The average Bonchev–Trinajstić information content (AvgIpc) is 3.25. The fraction of sp³-hybridized carbons (Fsp3) is 0.400. The summed E-state index contributed by atoms with van der Waals surface area (Å²) in [5.41, 5.74) is 4.36. The number of aliphatic imine (C=N–C) groups is 1. The van der Waals surface area contributed by atoms with Crippen molar-refractivity contribution in [1.82, 2.24) is 29.2 Å². The lowest BCUT2D eigenvalue weighted by Gasteiger charge is -2.40. The quantitative estimate of drug-likeness (QED) is 0.183. The number of nitrogens with zero attached hydrogens (tertiary/aromatic N) is 6. The van der Waals surface area contributed by atoms with Crippen LogP contribution < -0.4 is 21.9 Å². The molecule has 3 aromatic carbocycles. The Bertz CT molecular complexity index is 2400. The van der Waals surface area contributed by atoms with Crippen LogP contribution in [0.1, 0.15) is 69.4 Å². The number of halogens is 1. The molecular weight excluding hydrogens is 720 g/mol. The number of piperidine rings is 2. The number of nitrogens with one attached hydrogen (secondary N) is 2. The van der Waals surface area contributed by atoms with Crippen molar-refractivity contribution in [2.45, 2.75) is 88.5 Å². The topological polar surface area (TPSA) is 117 Å². The number of carbonyl (C=O) groups excluding carboxylic acids is 1. The van der Waals surface area contributed by atoms with E-state index >= 15 is 0 Å². The molecule has 1 unspecified atom stereocenters. The van der Waals surface area contributed by atoms with Crippen molar-refractivity contribution in [3.63, 3.8) is 0 Å². The highest BCUT2D eigenvalue weighted by atomic mass is 19.1. The predicted octanol–water partition coefficient (Wildman–Crippen LogP) is 6.60. The van der Waals surface area contributed by atoms with Crippen molar-refractivity contribution in [1.29, 1.82) is 0 Å². The number of hydrogen-bond donors (Lipinski definition) is 2. The molecular formula is C45H49FN8O3. The van der Waals surface area contributed by atoms with Gasteiger partial charge in [-0.1, -0.05) is 55.0 Å². The summed E-state index contributed by atoms with van der Waals surface area (Å²) in [7, 11) is 0. The normalized spacial score (nSPS) is 21.9. The third kappa shape index (κ3) is 7.80. The predicted molar refractivity (Wildman–Crippen MR) is 222 cm³/mol. The first-order valence-corrected chi connectivity index (χ1v) is 20.6. The Labute approximate surface area is 331 Å². The van der Waals surface area contributed by atoms with E-state index in [1.54, 1.807) is 6.21 Å². The summed E-state index contributed by atoms with van der Waals surface area (Å²) in [6.07, 6.45) is 11.3. The molecule has 12 heteroatoms. The van der Waals surface area contributed by atoms with Crippen LogP contribution in [-0.2, 0) is 11.3 Å². The summed E-state index contributed by atoms with van der Waals surface area (Å²) in [5, 5.41) is 6.40. The van der Waals surface area contributed by atoms with Crippen LogP contribution in [0.15, 0.2) is 99.6 Å². The van der Waals surface area contributed by atoms with Crippen LogP contribution in [-0.4, -0.2) is 80.3 Å². The zero-order valence-electron chi connectivity index (χ0n) is 32.2. The SMILES string of the molecule is O=C(NC1CCC(n2c(=O)c3cc(F)cnc3n(-c3cccc(-c4ccc(CN5CCC(N6CCCCC6)CC5)cc4)c3)c2=O)CC1)C1C=Nc2ccccc2N1. The van der Waals surface area contributed by atoms with E-state index in [0.717, 1.165) is 54.4 Å². The molecule has 0 bridgehead atoms. The summed E-state index contributed by atoms with van der Waals surface area (Å²) in [5.74, 6) is -0.827. The van der Waals surface area contributed by atoms with E-state index < -0.39 is 29.1 Å². The molecule has 1 amide bonds. The van der Waals surface area contributed by atoms with E-state index in [4.69, 9.17) is 0 Å². The fourth-order valence-electron chi connectivity index (χ4n) is 9.32. The molecule has 1 saturated carbocycles. The van der Waals surface area contributed by atoms with Crippen molar-refractivity contribution in [2.24, 2.45) is 4.99 Å². The maximum absolute atomic E-state index is 14.6. The zero-order valence-corrected chi connectivity index (χ0v) is 32.2. The van der Waals surface area contributed by atoms with Gasteiger partial charge in [0.05, 0.1) is 28.6 Å². The van der Waals surface area contributed by atoms with Crippen molar-refractivity contribution in [2.75, 3.05) is 31.5 Å². The molecule has 5 aromatic rings. The second-order valence-corrected chi connectivity index (χ2v) is 16.1. The summed E-state index contributed by atoms with van der Waals surface area (Å²) >= 11 is 0. The van der Waals surface area contributed by atoms with Gasteiger partial charge in [0.1, 0.15) is 11.9 Å². The minimum Gasteiger partial charge on any atom is -0.368 e. The minimum atomic E-state index is -0.648. The smallest absolute Gasteiger partial charge is 0.337 e. The van der Waals surface area contributed by atoms with Crippen LogP contribution in [0, 0.1) is 5.82 Å². The highest BCUT2D eigenvalue weighted by Gasteiger charge is 2.30. The van der Waals surface area contributed by atoms with Crippen LogP contribution >= 0.6 is 0 Å². The highest BCUT2D eigenvalue weighted by molar-refractivity contribution is 6.03. The molecule has 3 aliphatic heterocycles. The fourth-order valence-corrected chi connectivity index (χ4v) is 9.32. The third-order valence-electron chi connectivity index (χ3n) is 12.4. The van der Waals surface area contributed by atoms with Crippen LogP contribution in [0.4, 0.5) is 15.8 Å². The molecule has 5 heterocycles. The van der Waals surface area contributed by atoms with Gasteiger partial charge in [-0.25, -0.2) is 18.7 Å². The molecule has 4 aliphatic rings. The summed E-state index contributed by atoms with van der Waals surface area (Å²) in [6, 6.07) is 24.6. The van der Waals surface area contributed by atoms with Gasteiger partial charge in [-0.2, -0.15) is 0 Å². The van der Waals surface area contributed by atoms with Gasteiger partial charge in [-0.15, -0.1) is 0 Å². The lowest BCUT2D eigenvalue weighted by Crippen LogP contribution is -2.48. The van der Waals surface area contributed by atoms with Gasteiger partial charge in [0.25, 0.3) is 5.56 Å². The molecule has 2 N–H and O–H groups in total. The van der Waals surface area contributed by atoms with E-state index in [0.29, 0.717) is 31.4 Å². The molecule has 2 saturated heterocycles. The number of amides is 1. The summed E-state index contributed by atoms with van der Waals surface area (Å²) in [6.45, 7) is 5.68. The summed E-state index contributed by atoms with van der Waals surface area (Å²) in [4.78, 5) is 55.5. The number of rotatable bonds is 8. The number of pyridine rings is 1. The first-order chi connectivity index (χ1) is 27.9. The number of anilines is 1. The van der Waals surface area contributed by atoms with E-state index in [9.17, 15) is 18.8 Å². The van der Waals surface area contributed by atoms with Crippen molar-refractivity contribution < 1.29 is 9.18 Å². The number of benzene rings is 3. The highest BCUT2D eigenvalue weighted by Crippen LogP contribution is 2.31. The lowest BCUT2D eigenvalue weighted by atomic mass is 9.90. The van der Waals surface area contributed by atoms with E-state index in [-0.39, 0.29) is 23.0 Å². The second-order valence-electron chi connectivity index (χ2n) is 16.1. The number of hydrogen-bond acceptors (Lipinski definition) is 8. The van der Waals surface area contributed by atoms with Crippen LogP contribution in [0.5, 0.6) is 0 Å². The van der Waals surface area contributed by atoms with Gasteiger partial charge in [0, 0.05) is 30.9 Å². The Morgan fingerprint density at radius 2 is 1.58 bits per heavy atom. The molecule has 2 aromatic heterocycles. The Balaban J connectivity index is 0.907. The summed E-state index contributed by atoms with van der Waals surface area (Å²) < 4.78 is 17.3. The number of fused-ring (bicyclic) bond motifs is 2. The van der Waals surface area contributed by atoms with Gasteiger partial charge in [-0.05, 0) is 125 Å². The minimum absolute atomic E-state index is 0.0442. The molecule has 294 valence electrons. The Morgan fingerprint density at radius 1 is 0.807 bits per heavy atom. The second kappa shape index (κ2) is 16.2. The number of carbonyl (C=O) groups is 1. The first-order valence-electron chi connectivity index (χ1n) is 20.6. The van der Waals surface area contributed by atoms with Gasteiger partial charge >= 0.3 is 5.69 Å². The van der Waals surface area contributed by atoms with E-state index in [1.807, 2.05) is 48.5 Å². The number of aromatic nitrogens is 3. The lowest BCUT2D eigenvalue weighted by molar-refractivity contribution is -0.121. The van der Waals surface area contributed by atoms with Crippen molar-refractivity contribution >= 4 is 34.5 Å². The Kier molecular flexibility index (Phi) is 10.5. The Morgan fingerprint density at radius 3 is 2.37 bits per heavy atom. The maximum atomic E-state index is 14.6. The molecule has 57 heavy (non-hydrogen) atoms. The molecule has 3 fully saturated rings. The van der Waals surface area contributed by atoms with Crippen LogP contribution in [0.2, 0.25) is 0 Å². The van der Waals surface area contributed by atoms with Gasteiger partial charge < -0.3 is 15.5 Å². The molecule has 11 nitrogen and oxygen atoms in total. The van der Waals surface area contributed by atoms with E-state index in [1.165, 1.54) is 66.0 Å². The van der Waals surface area contributed by atoms with Gasteiger partial charge in [0.15, 0.2) is 5.65 Å². The standard InChI is InChI=1S/C45H49FN8O3/c46-33-26-38-42(48-27-33)53(45(57)54(44(38)56)36-17-15-34(16-18-36)49-43(55)41-28-47-39-9-2-3-10-40(39)50-41)37-8-6-7-32(25-37)31-13-11-30(12-14-31)29-51-23-19-35(20-24-51)52-21-4-1-5-22-52/h2-3,6-14,25-28,34-36,41,50H,1,4-5,15-24,29H2,(H,49,55). The first kappa shape index (κ1) is 37.1. The molecule has 1 aliphatic carbocycles. The van der Waals surface area contributed by atoms with Crippen molar-refractivity contribution in [3.8, 4) is 16.8 Å². The molecule has 9 rings (SSSR count). The van der Waals surface area contributed by atoms with Crippen LogP contribution in [0.3, 0.4) is 0 Å². The number of likely N-dealkylation sites (tertiary alicyclic amines) is 2. The average molecular weight is 769 g/mol. The van der Waals surface area contributed by atoms with E-state index in [2.05, 4.69) is 54.7 Å². The molecule has 0 spiro atoms. The molecule has 1 atom stereocenters. The van der Waals surface area contributed by atoms with Crippen LogP contribution in [0.25, 0.3) is 27.8 Å². The van der Waals surface area contributed by atoms with Gasteiger partial charge in [-0.3, -0.25) is 24.0 Å².